The monoisotopic (exact) mass is 350 g/mol. The summed E-state index contributed by atoms with van der Waals surface area (Å²) in [6, 6.07) is 6.07. The van der Waals surface area contributed by atoms with Gasteiger partial charge in [0.1, 0.15) is 0 Å². The van der Waals surface area contributed by atoms with Gasteiger partial charge < -0.3 is 5.32 Å². The van der Waals surface area contributed by atoms with E-state index in [0.717, 1.165) is 5.56 Å². The van der Waals surface area contributed by atoms with Crippen LogP contribution >= 0.6 is 0 Å². The molecule has 24 heavy (non-hydrogen) atoms. The molecular weight excluding hydrogens is 324 g/mol. The Kier molecular flexibility index (Phi) is 4.93. The van der Waals surface area contributed by atoms with E-state index in [-0.39, 0.29) is 34.1 Å². The smallest absolute Gasteiger partial charge is 0.238 e. The number of benzene rings is 1. The van der Waals surface area contributed by atoms with E-state index in [4.69, 9.17) is 5.14 Å². The summed E-state index contributed by atoms with van der Waals surface area (Å²) in [5.74, 6) is 0.267. The molecule has 0 aliphatic heterocycles. The van der Waals surface area contributed by atoms with E-state index in [1.807, 2.05) is 20.8 Å². The van der Waals surface area contributed by atoms with Gasteiger partial charge in [0.15, 0.2) is 0 Å². The van der Waals surface area contributed by atoms with Crippen molar-refractivity contribution in [3.63, 3.8) is 0 Å². The fourth-order valence-corrected chi connectivity index (χ4v) is 3.70. The lowest BCUT2D eigenvalue weighted by Gasteiger charge is -2.15. The number of nitrogens with two attached hydrogens (primary N) is 1. The Morgan fingerprint density at radius 3 is 2.25 bits per heavy atom. The van der Waals surface area contributed by atoms with Crippen molar-refractivity contribution in [1.82, 2.24) is 5.32 Å². The molecule has 0 spiro atoms. The van der Waals surface area contributed by atoms with Gasteiger partial charge in [-0.2, -0.15) is 0 Å². The number of hydrogen-bond donors (Lipinski definition) is 2. The van der Waals surface area contributed by atoms with Crippen molar-refractivity contribution in [3.8, 4) is 0 Å². The van der Waals surface area contributed by atoms with E-state index in [1.54, 1.807) is 12.1 Å². The number of hydrogen-bond acceptors (Lipinski definition) is 3. The van der Waals surface area contributed by atoms with E-state index in [0.29, 0.717) is 0 Å². The molecule has 1 aliphatic rings. The van der Waals surface area contributed by atoms with Crippen molar-refractivity contribution >= 4 is 15.9 Å². The number of allylic oxidation sites excluding steroid dienone is 2. The molecule has 1 amide bonds. The zero-order valence-electron chi connectivity index (χ0n) is 14.8. The van der Waals surface area contributed by atoms with Crippen LogP contribution in [0.4, 0.5) is 0 Å². The molecule has 0 heterocycles. The second-order valence-corrected chi connectivity index (χ2v) is 8.97. The van der Waals surface area contributed by atoms with Gasteiger partial charge in [0.25, 0.3) is 0 Å². The average molecular weight is 350 g/mol. The third-order valence-electron chi connectivity index (χ3n) is 4.77. The Morgan fingerprint density at radius 1 is 1.25 bits per heavy atom. The highest BCUT2D eigenvalue weighted by Gasteiger charge is 2.60. The van der Waals surface area contributed by atoms with Crippen LogP contribution in [0.15, 0.2) is 40.8 Å². The van der Waals surface area contributed by atoms with Crippen LogP contribution in [0.3, 0.4) is 0 Å². The van der Waals surface area contributed by atoms with E-state index in [1.165, 1.54) is 17.7 Å². The summed E-state index contributed by atoms with van der Waals surface area (Å²) in [7, 11) is -3.70. The lowest BCUT2D eigenvalue weighted by Crippen LogP contribution is -2.29. The molecule has 5 nitrogen and oxygen atoms in total. The van der Waals surface area contributed by atoms with Crippen LogP contribution in [0, 0.1) is 17.3 Å². The fourth-order valence-electron chi connectivity index (χ4n) is 3.18. The molecule has 0 bridgehead atoms. The Balaban J connectivity index is 2.06. The number of sulfonamides is 1. The van der Waals surface area contributed by atoms with E-state index < -0.39 is 10.0 Å². The van der Waals surface area contributed by atoms with Gasteiger partial charge in [0.05, 0.1) is 16.9 Å². The number of primary sulfonamides is 1. The maximum Gasteiger partial charge on any atom is 0.238 e. The first-order chi connectivity index (χ1) is 10.9. The zero-order valence-corrected chi connectivity index (χ0v) is 15.6. The molecule has 3 atom stereocenters. The summed E-state index contributed by atoms with van der Waals surface area (Å²) in [6.07, 6.45) is 2.16. The van der Waals surface area contributed by atoms with Gasteiger partial charge in [-0.3, -0.25) is 4.79 Å². The molecule has 1 aromatic rings. The number of nitrogens with one attached hydrogen (secondary N) is 1. The molecule has 1 aromatic carbocycles. The Morgan fingerprint density at radius 2 is 1.79 bits per heavy atom. The van der Waals surface area contributed by atoms with E-state index in [2.05, 4.69) is 25.2 Å². The topological polar surface area (TPSA) is 89.3 Å². The molecule has 3 N–H and O–H groups in total. The zero-order chi connectivity index (χ0) is 18.3. The number of rotatable bonds is 5. The minimum absolute atomic E-state index is 0.0291. The second kappa shape index (κ2) is 6.33. The molecule has 1 aliphatic carbocycles. The summed E-state index contributed by atoms with van der Waals surface area (Å²) >= 11 is 0. The van der Waals surface area contributed by atoms with Crippen LogP contribution in [-0.4, -0.2) is 14.3 Å². The summed E-state index contributed by atoms with van der Waals surface area (Å²) in [6.45, 7) is 10.2. The van der Waals surface area contributed by atoms with Crippen LogP contribution < -0.4 is 10.5 Å². The highest BCUT2D eigenvalue weighted by molar-refractivity contribution is 7.89. The fraction of sp³-hybridized carbons (Fsp3) is 0.500. The first-order valence-electron chi connectivity index (χ1n) is 8.02. The van der Waals surface area contributed by atoms with Crippen LogP contribution in [0.25, 0.3) is 0 Å². The molecule has 1 saturated carbocycles. The van der Waals surface area contributed by atoms with Crippen molar-refractivity contribution in [2.75, 3.05) is 0 Å². The summed E-state index contributed by atoms with van der Waals surface area (Å²) in [5, 5.41) is 8.12. The predicted octanol–water partition coefficient (Wildman–Crippen LogP) is 2.75. The first-order valence-corrected chi connectivity index (χ1v) is 9.57. The molecule has 0 saturated heterocycles. The summed E-state index contributed by atoms with van der Waals surface area (Å²) in [4.78, 5) is 12.6. The molecule has 1 fully saturated rings. The van der Waals surface area contributed by atoms with Gasteiger partial charge in [0.2, 0.25) is 15.9 Å². The molecule has 2 rings (SSSR count). The van der Waals surface area contributed by atoms with Crippen LogP contribution in [-0.2, 0) is 14.8 Å². The maximum absolute atomic E-state index is 12.6. The lowest BCUT2D eigenvalue weighted by molar-refractivity contribution is -0.123. The van der Waals surface area contributed by atoms with Gasteiger partial charge in [-0.05, 0) is 49.8 Å². The third-order valence-corrected chi connectivity index (χ3v) is 5.70. The first kappa shape index (κ1) is 18.7. The van der Waals surface area contributed by atoms with Crippen molar-refractivity contribution in [3.05, 3.63) is 41.5 Å². The number of carbonyl (C=O) groups excluding carboxylic acids is 1. The van der Waals surface area contributed by atoms with Crippen molar-refractivity contribution < 1.29 is 13.2 Å². The molecule has 0 radical (unpaired) electrons. The van der Waals surface area contributed by atoms with Crippen molar-refractivity contribution in [1.29, 1.82) is 0 Å². The molecular formula is C18H26N2O3S. The Hall–Kier alpha value is -1.66. The van der Waals surface area contributed by atoms with Gasteiger partial charge in [-0.1, -0.05) is 37.6 Å². The normalized spacial score (nSPS) is 23.2. The van der Waals surface area contributed by atoms with E-state index in [9.17, 15) is 13.2 Å². The van der Waals surface area contributed by atoms with Crippen LogP contribution in [0.5, 0.6) is 0 Å². The average Bonchev–Trinajstić information content (AvgIpc) is 2.98. The standard InChI is InChI=1S/C18H26N2O3S/c1-11(2)10-15-16(18(15,4)5)17(21)20-12(3)13-6-8-14(9-7-13)24(19,22)23/h6-10,12,15-16H,1-5H3,(H,20,21)(H2,19,22,23)/t12-,15-,16-/m1/s1. The number of amides is 1. The third kappa shape index (κ3) is 3.87. The summed E-state index contributed by atoms with van der Waals surface area (Å²) in [5.41, 5.74) is 2.03. The second-order valence-electron chi connectivity index (χ2n) is 7.41. The Labute approximate surface area is 144 Å². The van der Waals surface area contributed by atoms with Crippen LogP contribution in [0.2, 0.25) is 0 Å². The van der Waals surface area contributed by atoms with Gasteiger partial charge >= 0.3 is 0 Å². The molecule has 6 heteroatoms. The molecule has 0 aromatic heterocycles. The Bertz CT molecular complexity index is 760. The van der Waals surface area contributed by atoms with E-state index >= 15 is 0 Å². The van der Waals surface area contributed by atoms with Gasteiger partial charge in [-0.25, -0.2) is 13.6 Å². The lowest BCUT2D eigenvalue weighted by atomic mass is 10.1. The highest BCUT2D eigenvalue weighted by Crippen LogP contribution is 2.59. The largest absolute Gasteiger partial charge is 0.349 e. The highest BCUT2D eigenvalue weighted by atomic mass is 32.2. The quantitative estimate of drug-likeness (QED) is 0.800. The van der Waals surface area contributed by atoms with Crippen molar-refractivity contribution in [2.24, 2.45) is 22.4 Å². The minimum atomic E-state index is -3.70. The summed E-state index contributed by atoms with van der Waals surface area (Å²) < 4.78 is 22.6. The van der Waals surface area contributed by atoms with Crippen molar-refractivity contribution in [2.45, 2.75) is 45.6 Å². The SMILES string of the molecule is CC(C)=C[C@@H]1[C@H](C(=O)N[C@H](C)c2ccc(S(N)(=O)=O)cc2)C1(C)C. The van der Waals surface area contributed by atoms with Gasteiger partial charge in [-0.15, -0.1) is 0 Å². The minimum Gasteiger partial charge on any atom is -0.349 e. The number of carbonyl (C=O) groups is 1. The predicted molar refractivity (Wildman–Crippen MR) is 94.6 cm³/mol. The van der Waals surface area contributed by atoms with Crippen LogP contribution in [0.1, 0.15) is 46.2 Å². The molecule has 132 valence electrons. The van der Waals surface area contributed by atoms with Gasteiger partial charge in [0, 0.05) is 0 Å². The molecule has 0 unspecified atom stereocenters. The maximum atomic E-state index is 12.6.